The molecule has 1 heteroatoms. The van der Waals surface area contributed by atoms with Gasteiger partial charge < -0.3 is 4.90 Å². The third-order valence-electron chi connectivity index (χ3n) is 3.66. The highest BCUT2D eigenvalue weighted by Gasteiger charge is 2.28. The Morgan fingerprint density at radius 3 is 2.29 bits per heavy atom. The minimum absolute atomic E-state index is 0.484. The standard InChI is InChI=1S/C13H27N/c1-11(2)14-9-7-6-8-12(10-14)13(3,4)5/h11-12H,6-10H2,1-5H3. The summed E-state index contributed by atoms with van der Waals surface area (Å²) in [5.41, 5.74) is 0.484. The van der Waals surface area contributed by atoms with E-state index in [9.17, 15) is 0 Å². The molecule has 0 saturated carbocycles. The van der Waals surface area contributed by atoms with Gasteiger partial charge in [0.25, 0.3) is 0 Å². The van der Waals surface area contributed by atoms with Crippen LogP contribution in [0.3, 0.4) is 0 Å². The topological polar surface area (TPSA) is 3.24 Å². The fourth-order valence-electron chi connectivity index (χ4n) is 2.35. The van der Waals surface area contributed by atoms with Crippen LogP contribution in [-0.4, -0.2) is 24.0 Å². The zero-order valence-electron chi connectivity index (χ0n) is 10.6. The van der Waals surface area contributed by atoms with Crippen molar-refractivity contribution >= 4 is 0 Å². The molecule has 1 rings (SSSR count). The van der Waals surface area contributed by atoms with Gasteiger partial charge in [-0.1, -0.05) is 27.2 Å². The minimum atomic E-state index is 0.484. The minimum Gasteiger partial charge on any atom is -0.301 e. The van der Waals surface area contributed by atoms with E-state index in [0.717, 1.165) is 12.0 Å². The lowest BCUT2D eigenvalue weighted by Gasteiger charge is -2.35. The summed E-state index contributed by atoms with van der Waals surface area (Å²) in [5, 5.41) is 0. The first-order valence-corrected chi connectivity index (χ1v) is 6.15. The monoisotopic (exact) mass is 197 g/mol. The summed E-state index contributed by atoms with van der Waals surface area (Å²) in [7, 11) is 0. The largest absolute Gasteiger partial charge is 0.301 e. The summed E-state index contributed by atoms with van der Waals surface area (Å²) in [6.45, 7) is 14.4. The molecule has 1 atom stereocenters. The number of hydrogen-bond donors (Lipinski definition) is 0. The third-order valence-corrected chi connectivity index (χ3v) is 3.66. The molecule has 0 aliphatic carbocycles. The van der Waals surface area contributed by atoms with E-state index < -0.39 is 0 Å². The molecule has 0 amide bonds. The average molecular weight is 197 g/mol. The van der Waals surface area contributed by atoms with Gasteiger partial charge in [0.05, 0.1) is 0 Å². The van der Waals surface area contributed by atoms with E-state index >= 15 is 0 Å². The maximum Gasteiger partial charge on any atom is 0.00387 e. The third kappa shape index (κ3) is 3.27. The summed E-state index contributed by atoms with van der Waals surface area (Å²) in [6.07, 6.45) is 4.24. The quantitative estimate of drug-likeness (QED) is 0.621. The summed E-state index contributed by atoms with van der Waals surface area (Å²) in [5.74, 6) is 0.882. The maximum atomic E-state index is 2.66. The second kappa shape index (κ2) is 4.65. The first-order valence-electron chi connectivity index (χ1n) is 6.15. The predicted molar refractivity (Wildman–Crippen MR) is 63.5 cm³/mol. The normalized spacial score (nSPS) is 26.6. The van der Waals surface area contributed by atoms with Crippen LogP contribution in [0.25, 0.3) is 0 Å². The van der Waals surface area contributed by atoms with Gasteiger partial charge in [0, 0.05) is 12.6 Å². The Morgan fingerprint density at radius 2 is 1.79 bits per heavy atom. The second-order valence-corrected chi connectivity index (χ2v) is 6.15. The van der Waals surface area contributed by atoms with Gasteiger partial charge in [-0.15, -0.1) is 0 Å². The summed E-state index contributed by atoms with van der Waals surface area (Å²) in [4.78, 5) is 2.66. The van der Waals surface area contributed by atoms with Gasteiger partial charge in [0.1, 0.15) is 0 Å². The average Bonchev–Trinajstić information content (AvgIpc) is 2.26. The van der Waals surface area contributed by atoms with Crippen LogP contribution >= 0.6 is 0 Å². The second-order valence-electron chi connectivity index (χ2n) is 6.15. The molecule has 1 aliphatic rings. The Labute approximate surface area is 89.9 Å². The predicted octanol–water partition coefficient (Wildman–Crippen LogP) is 3.54. The first kappa shape index (κ1) is 12.0. The molecule has 1 aliphatic heterocycles. The van der Waals surface area contributed by atoms with Crippen molar-refractivity contribution in [1.82, 2.24) is 4.90 Å². The Morgan fingerprint density at radius 1 is 1.14 bits per heavy atom. The number of hydrogen-bond acceptors (Lipinski definition) is 1. The summed E-state index contributed by atoms with van der Waals surface area (Å²) < 4.78 is 0. The van der Waals surface area contributed by atoms with E-state index in [0.29, 0.717) is 5.41 Å². The van der Waals surface area contributed by atoms with Gasteiger partial charge in [-0.2, -0.15) is 0 Å². The lowest BCUT2D eigenvalue weighted by Crippen LogP contribution is -2.38. The van der Waals surface area contributed by atoms with Crippen molar-refractivity contribution in [2.24, 2.45) is 11.3 Å². The Hall–Kier alpha value is -0.0400. The van der Waals surface area contributed by atoms with Gasteiger partial charge in [0.15, 0.2) is 0 Å². The van der Waals surface area contributed by atoms with Gasteiger partial charge >= 0.3 is 0 Å². The Kier molecular flexibility index (Phi) is 4.00. The van der Waals surface area contributed by atoms with Crippen molar-refractivity contribution in [3.05, 3.63) is 0 Å². The lowest BCUT2D eigenvalue weighted by atomic mass is 9.78. The molecular formula is C13H27N. The molecule has 1 unspecified atom stereocenters. The number of likely N-dealkylation sites (tertiary alicyclic amines) is 1. The van der Waals surface area contributed by atoms with E-state index in [1.807, 2.05) is 0 Å². The van der Waals surface area contributed by atoms with Crippen molar-refractivity contribution in [2.75, 3.05) is 13.1 Å². The van der Waals surface area contributed by atoms with E-state index in [1.54, 1.807) is 0 Å². The van der Waals surface area contributed by atoms with E-state index in [4.69, 9.17) is 0 Å². The highest BCUT2D eigenvalue weighted by molar-refractivity contribution is 4.81. The Balaban J connectivity index is 2.60. The lowest BCUT2D eigenvalue weighted by molar-refractivity contribution is 0.138. The van der Waals surface area contributed by atoms with Gasteiger partial charge in [-0.05, 0) is 44.6 Å². The zero-order valence-corrected chi connectivity index (χ0v) is 10.6. The van der Waals surface area contributed by atoms with E-state index in [-0.39, 0.29) is 0 Å². The first-order chi connectivity index (χ1) is 6.41. The smallest absolute Gasteiger partial charge is 0.00387 e. The van der Waals surface area contributed by atoms with Crippen molar-refractivity contribution in [2.45, 2.75) is 59.9 Å². The number of nitrogens with zero attached hydrogens (tertiary/aromatic N) is 1. The van der Waals surface area contributed by atoms with E-state index in [2.05, 4.69) is 39.5 Å². The molecule has 84 valence electrons. The molecule has 0 aromatic heterocycles. The molecule has 1 nitrogen and oxygen atoms in total. The Bertz CT molecular complexity index is 167. The van der Waals surface area contributed by atoms with Crippen LogP contribution < -0.4 is 0 Å². The van der Waals surface area contributed by atoms with Crippen LogP contribution in [0.5, 0.6) is 0 Å². The molecule has 0 N–H and O–H groups in total. The van der Waals surface area contributed by atoms with Gasteiger partial charge in [0.2, 0.25) is 0 Å². The van der Waals surface area contributed by atoms with Crippen LogP contribution in [-0.2, 0) is 0 Å². The molecule has 0 aromatic carbocycles. The molecule has 0 bridgehead atoms. The molecule has 0 aromatic rings. The maximum absolute atomic E-state index is 2.66. The van der Waals surface area contributed by atoms with Crippen LogP contribution in [0, 0.1) is 11.3 Å². The molecule has 1 saturated heterocycles. The van der Waals surface area contributed by atoms with Crippen molar-refractivity contribution in [3.63, 3.8) is 0 Å². The molecular weight excluding hydrogens is 170 g/mol. The SMILES string of the molecule is CC(C)N1CCCCC(C(C)(C)C)C1. The molecule has 0 spiro atoms. The highest BCUT2D eigenvalue weighted by Crippen LogP contribution is 2.33. The molecule has 14 heavy (non-hydrogen) atoms. The summed E-state index contributed by atoms with van der Waals surface area (Å²) >= 11 is 0. The van der Waals surface area contributed by atoms with E-state index in [1.165, 1.54) is 32.4 Å². The van der Waals surface area contributed by atoms with Crippen molar-refractivity contribution in [3.8, 4) is 0 Å². The van der Waals surface area contributed by atoms with Gasteiger partial charge in [-0.25, -0.2) is 0 Å². The van der Waals surface area contributed by atoms with Crippen molar-refractivity contribution in [1.29, 1.82) is 0 Å². The fraction of sp³-hybridized carbons (Fsp3) is 1.00. The summed E-state index contributed by atoms with van der Waals surface area (Å²) in [6, 6.07) is 0.720. The molecule has 1 heterocycles. The van der Waals surface area contributed by atoms with Crippen molar-refractivity contribution < 1.29 is 0 Å². The van der Waals surface area contributed by atoms with Gasteiger partial charge in [-0.3, -0.25) is 0 Å². The van der Waals surface area contributed by atoms with Crippen LogP contribution in [0.2, 0.25) is 0 Å². The van der Waals surface area contributed by atoms with Crippen LogP contribution in [0.15, 0.2) is 0 Å². The van der Waals surface area contributed by atoms with Crippen LogP contribution in [0.4, 0.5) is 0 Å². The highest BCUT2D eigenvalue weighted by atomic mass is 15.1. The zero-order chi connectivity index (χ0) is 10.8. The molecule has 0 radical (unpaired) electrons. The molecule has 1 fully saturated rings. The van der Waals surface area contributed by atoms with Crippen LogP contribution in [0.1, 0.15) is 53.9 Å². The fourth-order valence-corrected chi connectivity index (χ4v) is 2.35. The number of rotatable bonds is 1.